The number of nitrogens with zero attached hydrogens (tertiary/aromatic N) is 3. The zero-order chi connectivity index (χ0) is 18.4. The highest BCUT2D eigenvalue weighted by atomic mass is 19.4. The third-order valence-corrected chi connectivity index (χ3v) is 3.01. The lowest BCUT2D eigenvalue weighted by molar-refractivity contribution is -0.139. The van der Waals surface area contributed by atoms with Crippen LogP contribution in [0.15, 0.2) is 46.5 Å². The molecule has 0 saturated heterocycles. The van der Waals surface area contributed by atoms with E-state index >= 15 is 0 Å². The first kappa shape index (κ1) is 18.4. The summed E-state index contributed by atoms with van der Waals surface area (Å²) in [6, 6.07) is 7.58. The number of halogens is 4. The SMILES string of the molecule is Cc1cccc(OCC(C=Nc2ccc(F)c(C(F)(F)F)c2)=NN)n1. The molecule has 1 aromatic carbocycles. The van der Waals surface area contributed by atoms with E-state index in [1.165, 1.54) is 0 Å². The maximum atomic E-state index is 13.2. The fourth-order valence-corrected chi connectivity index (χ4v) is 1.81. The smallest absolute Gasteiger partial charge is 0.419 e. The van der Waals surface area contributed by atoms with Gasteiger partial charge in [0.2, 0.25) is 5.88 Å². The van der Waals surface area contributed by atoms with Gasteiger partial charge < -0.3 is 10.6 Å². The molecule has 2 aromatic rings. The number of pyridine rings is 1. The standard InChI is InChI=1S/C16H14F4N4O/c1-10-3-2-4-15(23-10)25-9-12(24-21)8-22-11-5-6-14(17)13(7-11)16(18,19)20/h2-8H,9,21H2,1H3. The second-order valence-electron chi connectivity index (χ2n) is 4.95. The lowest BCUT2D eigenvalue weighted by Gasteiger charge is -2.08. The molecule has 5 nitrogen and oxygen atoms in total. The number of aliphatic imine (C=N–C) groups is 1. The van der Waals surface area contributed by atoms with E-state index in [0.717, 1.165) is 18.0 Å². The molecule has 0 radical (unpaired) electrons. The van der Waals surface area contributed by atoms with Crippen molar-refractivity contribution >= 4 is 17.6 Å². The van der Waals surface area contributed by atoms with Crippen molar-refractivity contribution < 1.29 is 22.3 Å². The van der Waals surface area contributed by atoms with Gasteiger partial charge in [-0.25, -0.2) is 9.37 Å². The first-order valence-electron chi connectivity index (χ1n) is 7.03. The van der Waals surface area contributed by atoms with E-state index in [2.05, 4.69) is 15.1 Å². The van der Waals surface area contributed by atoms with Gasteiger partial charge in [-0.1, -0.05) is 6.07 Å². The Labute approximate surface area is 140 Å². The second kappa shape index (κ2) is 7.73. The highest BCUT2D eigenvalue weighted by Crippen LogP contribution is 2.33. The third-order valence-electron chi connectivity index (χ3n) is 3.01. The van der Waals surface area contributed by atoms with Gasteiger partial charge in [-0.15, -0.1) is 0 Å². The minimum absolute atomic E-state index is 0.0796. The monoisotopic (exact) mass is 354 g/mol. The fourth-order valence-electron chi connectivity index (χ4n) is 1.81. The van der Waals surface area contributed by atoms with Gasteiger partial charge in [0.25, 0.3) is 0 Å². The van der Waals surface area contributed by atoms with Crippen LogP contribution >= 0.6 is 0 Å². The Morgan fingerprint density at radius 1 is 1.28 bits per heavy atom. The fraction of sp³-hybridized carbons (Fsp3) is 0.188. The average Bonchev–Trinajstić information content (AvgIpc) is 2.55. The van der Waals surface area contributed by atoms with E-state index in [4.69, 9.17) is 10.6 Å². The number of benzene rings is 1. The zero-order valence-corrected chi connectivity index (χ0v) is 13.1. The molecule has 2 N–H and O–H groups in total. The van der Waals surface area contributed by atoms with Gasteiger partial charge in [0.15, 0.2) is 0 Å². The van der Waals surface area contributed by atoms with Gasteiger partial charge >= 0.3 is 6.18 Å². The minimum Gasteiger partial charge on any atom is -0.471 e. The molecule has 0 unspecified atom stereocenters. The first-order valence-corrected chi connectivity index (χ1v) is 7.03. The van der Waals surface area contributed by atoms with Crippen molar-refractivity contribution in [2.24, 2.45) is 15.9 Å². The highest BCUT2D eigenvalue weighted by molar-refractivity contribution is 6.31. The molecular formula is C16H14F4N4O. The molecular weight excluding hydrogens is 340 g/mol. The largest absolute Gasteiger partial charge is 0.471 e. The van der Waals surface area contributed by atoms with Crippen LogP contribution in [0.25, 0.3) is 0 Å². The predicted molar refractivity (Wildman–Crippen MR) is 85.6 cm³/mol. The van der Waals surface area contributed by atoms with Gasteiger partial charge in [-0.2, -0.15) is 18.3 Å². The number of hydrogen-bond donors (Lipinski definition) is 1. The Hall–Kier alpha value is -2.97. The number of hydrazone groups is 1. The number of aryl methyl sites for hydroxylation is 1. The zero-order valence-electron chi connectivity index (χ0n) is 13.1. The highest BCUT2D eigenvalue weighted by Gasteiger charge is 2.34. The summed E-state index contributed by atoms with van der Waals surface area (Å²) in [4.78, 5) is 7.94. The maximum Gasteiger partial charge on any atom is 0.419 e. The quantitative estimate of drug-likeness (QED) is 0.386. The first-order chi connectivity index (χ1) is 11.8. The van der Waals surface area contributed by atoms with E-state index in [0.29, 0.717) is 18.0 Å². The van der Waals surface area contributed by atoms with Crippen LogP contribution in [0.1, 0.15) is 11.3 Å². The van der Waals surface area contributed by atoms with Gasteiger partial charge in [0.1, 0.15) is 18.1 Å². The van der Waals surface area contributed by atoms with Crippen LogP contribution in [0.5, 0.6) is 5.88 Å². The molecule has 0 spiro atoms. The molecule has 1 heterocycles. The Balaban J connectivity index is 2.09. The van der Waals surface area contributed by atoms with Crippen molar-refractivity contribution in [1.82, 2.24) is 4.98 Å². The van der Waals surface area contributed by atoms with E-state index < -0.39 is 17.6 Å². The summed E-state index contributed by atoms with van der Waals surface area (Å²) in [5.74, 6) is 4.19. The van der Waals surface area contributed by atoms with Crippen LogP contribution < -0.4 is 10.6 Å². The summed E-state index contributed by atoms with van der Waals surface area (Å²) in [6.45, 7) is 1.71. The van der Waals surface area contributed by atoms with Crippen molar-refractivity contribution in [2.45, 2.75) is 13.1 Å². The molecule has 0 aliphatic rings. The molecule has 0 atom stereocenters. The number of hydrogen-bond acceptors (Lipinski definition) is 5. The molecule has 0 amide bonds. The number of alkyl halides is 3. The lowest BCUT2D eigenvalue weighted by atomic mass is 10.2. The van der Waals surface area contributed by atoms with Gasteiger partial charge in [0, 0.05) is 11.8 Å². The summed E-state index contributed by atoms with van der Waals surface area (Å²) in [5.41, 5.74) is -0.568. The van der Waals surface area contributed by atoms with Crippen molar-refractivity contribution in [1.29, 1.82) is 0 Å². The van der Waals surface area contributed by atoms with E-state index in [1.54, 1.807) is 25.1 Å². The summed E-state index contributed by atoms with van der Waals surface area (Å²) in [7, 11) is 0. The van der Waals surface area contributed by atoms with E-state index in [-0.39, 0.29) is 18.0 Å². The molecule has 0 aliphatic carbocycles. The summed E-state index contributed by atoms with van der Waals surface area (Å²) in [5, 5.41) is 3.45. The van der Waals surface area contributed by atoms with E-state index in [1.807, 2.05) is 0 Å². The Kier molecular flexibility index (Phi) is 5.68. The van der Waals surface area contributed by atoms with Crippen molar-refractivity contribution in [3.8, 4) is 5.88 Å². The molecule has 0 bridgehead atoms. The van der Waals surface area contributed by atoms with Crippen molar-refractivity contribution in [3.05, 3.63) is 53.5 Å². The molecule has 0 fully saturated rings. The molecule has 9 heteroatoms. The third kappa shape index (κ3) is 5.27. The predicted octanol–water partition coefficient (Wildman–Crippen LogP) is 3.64. The molecule has 132 valence electrons. The minimum atomic E-state index is -4.81. The molecule has 25 heavy (non-hydrogen) atoms. The normalized spacial score (nSPS) is 12.6. The van der Waals surface area contributed by atoms with Crippen molar-refractivity contribution in [3.63, 3.8) is 0 Å². The van der Waals surface area contributed by atoms with Crippen LogP contribution in [0.4, 0.5) is 23.2 Å². The van der Waals surface area contributed by atoms with Crippen molar-refractivity contribution in [2.75, 3.05) is 6.61 Å². The lowest BCUT2D eigenvalue weighted by Crippen LogP contribution is -2.15. The summed E-state index contributed by atoms with van der Waals surface area (Å²) >= 11 is 0. The Morgan fingerprint density at radius 2 is 2.04 bits per heavy atom. The molecule has 1 aromatic heterocycles. The van der Waals surface area contributed by atoms with Gasteiger partial charge in [-0.3, -0.25) is 4.99 Å². The summed E-state index contributed by atoms with van der Waals surface area (Å²) in [6.07, 6.45) is -3.66. The number of nitrogens with two attached hydrogens (primary N) is 1. The topological polar surface area (TPSA) is 72.9 Å². The maximum absolute atomic E-state index is 13.2. The van der Waals surface area contributed by atoms with Crippen LogP contribution in [0, 0.1) is 12.7 Å². The van der Waals surface area contributed by atoms with Crippen LogP contribution in [-0.4, -0.2) is 23.5 Å². The Bertz CT molecular complexity index is 803. The van der Waals surface area contributed by atoms with E-state index in [9.17, 15) is 17.6 Å². The number of rotatable bonds is 5. The van der Waals surface area contributed by atoms with Crippen LogP contribution in [-0.2, 0) is 6.18 Å². The molecule has 2 rings (SSSR count). The second-order valence-corrected chi connectivity index (χ2v) is 4.95. The average molecular weight is 354 g/mol. The van der Waals surface area contributed by atoms with Gasteiger partial charge in [-0.05, 0) is 31.2 Å². The summed E-state index contributed by atoms with van der Waals surface area (Å²) < 4.78 is 56.6. The van der Waals surface area contributed by atoms with Crippen LogP contribution in [0.2, 0.25) is 0 Å². The molecule has 0 saturated carbocycles. The van der Waals surface area contributed by atoms with Gasteiger partial charge in [0.05, 0.1) is 17.5 Å². The number of aromatic nitrogens is 1. The molecule has 0 aliphatic heterocycles. The number of ether oxygens (including phenoxy) is 1. The van der Waals surface area contributed by atoms with Crippen LogP contribution in [0.3, 0.4) is 0 Å². The Morgan fingerprint density at radius 3 is 2.68 bits per heavy atom.